The number of hydrogen-bond acceptors (Lipinski definition) is 2. The number of benzene rings is 1. The molecule has 0 spiro atoms. The molecule has 0 aliphatic heterocycles. The first kappa shape index (κ1) is 14.5. The third kappa shape index (κ3) is 2.54. The number of halogens is 1. The van der Waals surface area contributed by atoms with E-state index in [2.05, 4.69) is 28.2 Å². The van der Waals surface area contributed by atoms with E-state index in [9.17, 15) is 4.79 Å². The van der Waals surface area contributed by atoms with Crippen LogP contribution in [0.2, 0.25) is 0 Å². The molecule has 0 unspecified atom stereocenters. The Morgan fingerprint density at radius 3 is 2.68 bits per heavy atom. The van der Waals surface area contributed by atoms with Crippen molar-refractivity contribution in [3.63, 3.8) is 0 Å². The van der Waals surface area contributed by atoms with Crippen LogP contribution in [0.5, 0.6) is 0 Å². The lowest BCUT2D eigenvalue weighted by atomic mass is 9.62. The van der Waals surface area contributed by atoms with Crippen molar-refractivity contribution >= 4 is 44.7 Å². The molecule has 102 valence electrons. The van der Waals surface area contributed by atoms with Gasteiger partial charge in [0.15, 0.2) is 0 Å². The van der Waals surface area contributed by atoms with Gasteiger partial charge in [0.05, 0.1) is 10.4 Å². The van der Waals surface area contributed by atoms with Gasteiger partial charge in [0.25, 0.3) is 0 Å². The van der Waals surface area contributed by atoms with Gasteiger partial charge in [-0.15, -0.1) is 0 Å². The topological polar surface area (TPSA) is 55.1 Å². The van der Waals surface area contributed by atoms with Gasteiger partial charge in [0.2, 0.25) is 5.91 Å². The number of hydrogen-bond donors (Lipinski definition) is 2. The molecule has 0 saturated heterocycles. The fourth-order valence-electron chi connectivity index (χ4n) is 2.61. The predicted molar refractivity (Wildman–Crippen MR) is 85.1 cm³/mol. The summed E-state index contributed by atoms with van der Waals surface area (Å²) >= 11 is 8.55. The number of anilines is 1. The minimum atomic E-state index is -0.663. The van der Waals surface area contributed by atoms with E-state index in [-0.39, 0.29) is 5.91 Å². The first-order chi connectivity index (χ1) is 8.86. The average molecular weight is 341 g/mol. The van der Waals surface area contributed by atoms with E-state index in [1.54, 1.807) is 0 Å². The van der Waals surface area contributed by atoms with Crippen LogP contribution in [0.25, 0.3) is 0 Å². The molecule has 0 bridgehead atoms. The lowest BCUT2D eigenvalue weighted by molar-refractivity contribution is -0.127. The van der Waals surface area contributed by atoms with E-state index in [4.69, 9.17) is 18.0 Å². The van der Waals surface area contributed by atoms with Crippen molar-refractivity contribution in [1.82, 2.24) is 0 Å². The van der Waals surface area contributed by atoms with Gasteiger partial charge in [-0.2, -0.15) is 0 Å². The summed E-state index contributed by atoms with van der Waals surface area (Å²) in [5, 5.41) is 2.96. The Morgan fingerprint density at radius 2 is 2.16 bits per heavy atom. The number of rotatable bonds is 3. The highest BCUT2D eigenvalue weighted by Crippen LogP contribution is 2.46. The highest BCUT2D eigenvalue weighted by Gasteiger charge is 2.50. The molecule has 1 aliphatic carbocycles. The number of nitrogens with two attached hydrogens (primary N) is 1. The normalized spacial score (nSPS) is 25.5. The first-order valence-electron chi connectivity index (χ1n) is 6.23. The van der Waals surface area contributed by atoms with Crippen LogP contribution in [-0.2, 0) is 4.79 Å². The van der Waals surface area contributed by atoms with Gasteiger partial charge in [-0.1, -0.05) is 41.1 Å². The summed E-state index contributed by atoms with van der Waals surface area (Å²) in [6, 6.07) is 5.72. The highest BCUT2D eigenvalue weighted by atomic mass is 79.9. The summed E-state index contributed by atoms with van der Waals surface area (Å²) in [5.41, 5.74) is 6.92. The summed E-state index contributed by atoms with van der Waals surface area (Å²) in [5.74, 6) is 0.412. The summed E-state index contributed by atoms with van der Waals surface area (Å²) in [7, 11) is 0. The number of carbonyl (C=O) groups excluding carboxylic acids is 1. The third-order valence-electron chi connectivity index (χ3n) is 3.82. The van der Waals surface area contributed by atoms with Crippen LogP contribution in [0.3, 0.4) is 0 Å². The lowest BCUT2D eigenvalue weighted by Gasteiger charge is -2.44. The monoisotopic (exact) mass is 340 g/mol. The second-order valence-corrected chi connectivity index (χ2v) is 6.62. The van der Waals surface area contributed by atoms with Crippen LogP contribution in [0, 0.1) is 18.3 Å². The maximum atomic E-state index is 12.5. The van der Waals surface area contributed by atoms with E-state index in [1.165, 1.54) is 0 Å². The molecule has 0 radical (unpaired) electrons. The molecule has 1 aromatic rings. The molecule has 19 heavy (non-hydrogen) atoms. The molecular formula is C14H17BrN2OS. The van der Waals surface area contributed by atoms with Crippen LogP contribution < -0.4 is 11.1 Å². The van der Waals surface area contributed by atoms with Crippen molar-refractivity contribution in [2.24, 2.45) is 17.1 Å². The molecule has 1 saturated carbocycles. The Bertz CT molecular complexity index is 538. The summed E-state index contributed by atoms with van der Waals surface area (Å²) < 4.78 is 0.969. The molecule has 5 heteroatoms. The first-order valence-corrected chi connectivity index (χ1v) is 7.43. The van der Waals surface area contributed by atoms with Crippen molar-refractivity contribution in [3.8, 4) is 0 Å². The molecular weight excluding hydrogens is 324 g/mol. The molecule has 2 rings (SSSR count). The smallest absolute Gasteiger partial charge is 0.237 e. The number of thiocarbonyl (C=S) groups is 1. The Morgan fingerprint density at radius 1 is 1.53 bits per heavy atom. The zero-order valence-corrected chi connectivity index (χ0v) is 13.4. The van der Waals surface area contributed by atoms with Crippen molar-refractivity contribution in [1.29, 1.82) is 0 Å². The molecule has 0 atom stereocenters. The zero-order chi connectivity index (χ0) is 14.2. The second-order valence-electron chi connectivity index (χ2n) is 5.33. The van der Waals surface area contributed by atoms with Crippen LogP contribution in [0.1, 0.15) is 25.3 Å². The summed E-state index contributed by atoms with van der Waals surface area (Å²) in [4.78, 5) is 12.8. The molecule has 1 aromatic carbocycles. The Labute approximate surface area is 127 Å². The van der Waals surface area contributed by atoms with Crippen LogP contribution in [0.15, 0.2) is 22.7 Å². The lowest BCUT2D eigenvalue weighted by Crippen LogP contribution is -2.53. The fraction of sp³-hybridized carbons (Fsp3) is 0.429. The van der Waals surface area contributed by atoms with E-state index in [1.807, 2.05) is 25.1 Å². The van der Waals surface area contributed by atoms with Gasteiger partial charge >= 0.3 is 0 Å². The minimum Gasteiger partial charge on any atom is -0.392 e. The van der Waals surface area contributed by atoms with Crippen LogP contribution in [-0.4, -0.2) is 10.9 Å². The molecule has 1 aliphatic rings. The van der Waals surface area contributed by atoms with Crippen LogP contribution in [0.4, 0.5) is 5.69 Å². The Kier molecular flexibility index (Phi) is 3.97. The van der Waals surface area contributed by atoms with E-state index in [0.29, 0.717) is 10.9 Å². The van der Waals surface area contributed by atoms with E-state index >= 15 is 0 Å². The SMILES string of the molecule is Cc1c(Br)cccc1NC(=O)C1(C(N)=S)CC(C)C1. The Hall–Kier alpha value is -0.940. The van der Waals surface area contributed by atoms with E-state index in [0.717, 1.165) is 28.6 Å². The third-order valence-corrected chi connectivity index (χ3v) is 5.07. The molecule has 3 N–H and O–H groups in total. The highest BCUT2D eigenvalue weighted by molar-refractivity contribution is 9.10. The molecule has 1 amide bonds. The average Bonchev–Trinajstić information content (AvgIpc) is 2.30. The van der Waals surface area contributed by atoms with Gasteiger partial charge in [0, 0.05) is 10.2 Å². The van der Waals surface area contributed by atoms with Crippen molar-refractivity contribution < 1.29 is 4.79 Å². The van der Waals surface area contributed by atoms with E-state index < -0.39 is 5.41 Å². The predicted octanol–water partition coefficient (Wildman–Crippen LogP) is 3.40. The number of amides is 1. The van der Waals surface area contributed by atoms with Gasteiger partial charge in [0.1, 0.15) is 0 Å². The quantitative estimate of drug-likeness (QED) is 0.829. The van der Waals surface area contributed by atoms with Crippen LogP contribution >= 0.6 is 28.1 Å². The number of nitrogens with one attached hydrogen (secondary N) is 1. The molecule has 3 nitrogen and oxygen atoms in total. The van der Waals surface area contributed by atoms with Crippen molar-refractivity contribution in [3.05, 3.63) is 28.2 Å². The summed E-state index contributed by atoms with van der Waals surface area (Å²) in [6.07, 6.45) is 1.47. The van der Waals surface area contributed by atoms with Gasteiger partial charge in [-0.05, 0) is 43.4 Å². The molecule has 0 aromatic heterocycles. The second kappa shape index (κ2) is 5.21. The van der Waals surface area contributed by atoms with Gasteiger partial charge in [-0.3, -0.25) is 4.79 Å². The van der Waals surface area contributed by atoms with Gasteiger partial charge in [-0.25, -0.2) is 0 Å². The van der Waals surface area contributed by atoms with Crippen molar-refractivity contribution in [2.45, 2.75) is 26.7 Å². The fourth-order valence-corrected chi connectivity index (χ4v) is 3.24. The maximum absolute atomic E-state index is 12.5. The standard InChI is InChI=1S/C14H17BrN2OS/c1-8-6-14(7-8,12(16)19)13(18)17-11-5-3-4-10(15)9(11)2/h3-5,8H,6-7H2,1-2H3,(H2,16,19)(H,17,18). The van der Waals surface area contributed by atoms with Crippen molar-refractivity contribution in [2.75, 3.05) is 5.32 Å². The number of carbonyl (C=O) groups is 1. The summed E-state index contributed by atoms with van der Waals surface area (Å²) in [6.45, 7) is 4.06. The van der Waals surface area contributed by atoms with Gasteiger partial charge < -0.3 is 11.1 Å². The molecule has 0 heterocycles. The largest absolute Gasteiger partial charge is 0.392 e. The maximum Gasteiger partial charge on any atom is 0.237 e. The minimum absolute atomic E-state index is 0.0840. The zero-order valence-electron chi connectivity index (χ0n) is 11.0. The molecule has 1 fully saturated rings. The Balaban J connectivity index is 2.21.